The molecule has 1 heterocycles. The molecule has 0 N–H and O–H groups in total. The monoisotopic (exact) mass is 229 g/mol. The highest BCUT2D eigenvalue weighted by Gasteiger charge is 2.12. The summed E-state index contributed by atoms with van der Waals surface area (Å²) in [5.41, 5.74) is 4.58. The Morgan fingerprint density at radius 2 is 2.12 bits per heavy atom. The molecule has 16 heavy (non-hydrogen) atoms. The minimum Gasteiger partial charge on any atom is -0.296 e. The van der Waals surface area contributed by atoms with Crippen molar-refractivity contribution in [3.8, 4) is 10.6 Å². The average Bonchev–Trinajstić information content (AvgIpc) is 2.96. The van der Waals surface area contributed by atoms with Crippen LogP contribution in [0.3, 0.4) is 0 Å². The minimum atomic E-state index is 0.528. The lowest BCUT2D eigenvalue weighted by Crippen LogP contribution is -1.85. The normalized spacial score (nSPS) is 13.8. The lowest BCUT2D eigenvalue weighted by atomic mass is 10.1. The third-order valence-electron chi connectivity index (χ3n) is 2.99. The van der Waals surface area contributed by atoms with Gasteiger partial charge in [-0.05, 0) is 36.5 Å². The van der Waals surface area contributed by atoms with Crippen LogP contribution in [0.5, 0.6) is 0 Å². The quantitative estimate of drug-likeness (QED) is 0.741. The first kappa shape index (κ1) is 9.73. The summed E-state index contributed by atoms with van der Waals surface area (Å²) in [4.78, 5) is 14.9. The van der Waals surface area contributed by atoms with Crippen LogP contribution < -0.4 is 0 Å². The fourth-order valence-corrected chi connectivity index (χ4v) is 2.94. The summed E-state index contributed by atoms with van der Waals surface area (Å²) in [5, 5.41) is 2.74. The number of aryl methyl sites for hydroxylation is 2. The summed E-state index contributed by atoms with van der Waals surface area (Å²) in [6, 6.07) is 6.52. The Hall–Kier alpha value is -1.48. The predicted molar refractivity (Wildman–Crippen MR) is 65.0 cm³/mol. The number of aromatic nitrogens is 1. The van der Waals surface area contributed by atoms with Crippen LogP contribution in [0.25, 0.3) is 10.6 Å². The molecule has 0 fully saturated rings. The van der Waals surface area contributed by atoms with Crippen molar-refractivity contribution in [2.45, 2.75) is 19.3 Å². The SMILES string of the molecule is O=Cc1csc(-c2ccc3c(c2)CCC3)n1. The molecule has 3 rings (SSSR count). The van der Waals surface area contributed by atoms with E-state index >= 15 is 0 Å². The maximum atomic E-state index is 10.6. The molecule has 3 heteroatoms. The molecule has 0 bridgehead atoms. The van der Waals surface area contributed by atoms with Crippen molar-refractivity contribution in [1.82, 2.24) is 4.98 Å². The zero-order valence-corrected chi connectivity index (χ0v) is 9.59. The Kier molecular flexibility index (Phi) is 2.33. The van der Waals surface area contributed by atoms with E-state index in [1.165, 1.54) is 41.7 Å². The number of fused-ring (bicyclic) bond motifs is 1. The Morgan fingerprint density at radius 3 is 2.94 bits per heavy atom. The van der Waals surface area contributed by atoms with Gasteiger partial charge >= 0.3 is 0 Å². The van der Waals surface area contributed by atoms with E-state index < -0.39 is 0 Å². The molecule has 2 nitrogen and oxygen atoms in total. The van der Waals surface area contributed by atoms with Crippen LogP contribution in [0.2, 0.25) is 0 Å². The molecule has 0 aliphatic heterocycles. The van der Waals surface area contributed by atoms with Gasteiger partial charge in [-0.15, -0.1) is 11.3 Å². The number of hydrogen-bond donors (Lipinski definition) is 0. The largest absolute Gasteiger partial charge is 0.296 e. The van der Waals surface area contributed by atoms with Crippen molar-refractivity contribution < 1.29 is 4.79 Å². The molecule has 0 amide bonds. The number of thiazole rings is 1. The van der Waals surface area contributed by atoms with Crippen LogP contribution in [-0.2, 0) is 12.8 Å². The van der Waals surface area contributed by atoms with Crippen LogP contribution in [0.1, 0.15) is 28.0 Å². The van der Waals surface area contributed by atoms with Gasteiger partial charge in [-0.3, -0.25) is 4.79 Å². The first-order chi connectivity index (χ1) is 7.86. The van der Waals surface area contributed by atoms with Crippen molar-refractivity contribution in [3.63, 3.8) is 0 Å². The van der Waals surface area contributed by atoms with E-state index in [1.807, 2.05) is 0 Å². The van der Waals surface area contributed by atoms with E-state index in [0.29, 0.717) is 5.69 Å². The molecule has 0 radical (unpaired) electrons. The van der Waals surface area contributed by atoms with Gasteiger partial charge in [-0.1, -0.05) is 12.1 Å². The van der Waals surface area contributed by atoms with E-state index in [9.17, 15) is 4.79 Å². The number of carbonyl (C=O) groups excluding carboxylic acids is 1. The smallest absolute Gasteiger partial charge is 0.169 e. The van der Waals surface area contributed by atoms with Gasteiger partial charge in [-0.25, -0.2) is 4.98 Å². The molecule has 0 atom stereocenters. The van der Waals surface area contributed by atoms with E-state index in [2.05, 4.69) is 23.2 Å². The summed E-state index contributed by atoms with van der Waals surface area (Å²) >= 11 is 1.53. The zero-order chi connectivity index (χ0) is 11.0. The summed E-state index contributed by atoms with van der Waals surface area (Å²) < 4.78 is 0. The molecular formula is C13H11NOS. The highest BCUT2D eigenvalue weighted by atomic mass is 32.1. The van der Waals surface area contributed by atoms with Gasteiger partial charge in [0.25, 0.3) is 0 Å². The minimum absolute atomic E-state index is 0.528. The second kappa shape index (κ2) is 3.83. The van der Waals surface area contributed by atoms with Crippen molar-refractivity contribution in [1.29, 1.82) is 0 Å². The summed E-state index contributed by atoms with van der Waals surface area (Å²) in [7, 11) is 0. The number of rotatable bonds is 2. The third-order valence-corrected chi connectivity index (χ3v) is 3.90. The van der Waals surface area contributed by atoms with E-state index in [1.54, 1.807) is 5.38 Å². The summed E-state index contributed by atoms with van der Waals surface area (Å²) in [6.45, 7) is 0. The van der Waals surface area contributed by atoms with Crippen molar-refractivity contribution in [2.75, 3.05) is 0 Å². The van der Waals surface area contributed by atoms with Crippen LogP contribution >= 0.6 is 11.3 Å². The van der Waals surface area contributed by atoms with E-state index in [0.717, 1.165) is 16.9 Å². The van der Waals surface area contributed by atoms with Gasteiger partial charge in [-0.2, -0.15) is 0 Å². The Labute approximate surface area is 98.0 Å². The fourth-order valence-electron chi connectivity index (χ4n) is 2.18. The first-order valence-electron chi connectivity index (χ1n) is 5.40. The zero-order valence-electron chi connectivity index (χ0n) is 8.77. The first-order valence-corrected chi connectivity index (χ1v) is 6.27. The number of aldehydes is 1. The number of nitrogens with zero attached hydrogens (tertiary/aromatic N) is 1. The highest BCUT2D eigenvalue weighted by molar-refractivity contribution is 7.13. The predicted octanol–water partition coefficient (Wildman–Crippen LogP) is 3.11. The van der Waals surface area contributed by atoms with E-state index in [-0.39, 0.29) is 0 Å². The topological polar surface area (TPSA) is 30.0 Å². The molecule has 80 valence electrons. The van der Waals surface area contributed by atoms with Crippen molar-refractivity contribution in [2.24, 2.45) is 0 Å². The lowest BCUT2D eigenvalue weighted by molar-refractivity contribution is 0.111. The summed E-state index contributed by atoms with van der Waals surface area (Å²) in [5.74, 6) is 0. The lowest BCUT2D eigenvalue weighted by Gasteiger charge is -2.01. The van der Waals surface area contributed by atoms with Crippen LogP contribution in [0.15, 0.2) is 23.6 Å². The molecule has 2 aromatic rings. The van der Waals surface area contributed by atoms with Crippen molar-refractivity contribution >= 4 is 17.6 Å². The average molecular weight is 229 g/mol. The maximum absolute atomic E-state index is 10.6. The van der Waals surface area contributed by atoms with Gasteiger partial charge in [0.05, 0.1) is 0 Å². The molecule has 0 unspecified atom stereocenters. The second-order valence-corrected chi connectivity index (χ2v) is 4.89. The second-order valence-electron chi connectivity index (χ2n) is 4.03. The van der Waals surface area contributed by atoms with Crippen molar-refractivity contribution in [3.05, 3.63) is 40.4 Å². The van der Waals surface area contributed by atoms with Gasteiger partial charge in [0.15, 0.2) is 6.29 Å². The third kappa shape index (κ3) is 1.57. The van der Waals surface area contributed by atoms with Gasteiger partial charge in [0.2, 0.25) is 0 Å². The standard InChI is InChI=1S/C13H11NOS/c15-7-12-8-16-13(14-12)11-5-4-9-2-1-3-10(9)6-11/h4-8H,1-3H2. The van der Waals surface area contributed by atoms with E-state index in [4.69, 9.17) is 0 Å². The van der Waals surface area contributed by atoms with Crippen LogP contribution in [-0.4, -0.2) is 11.3 Å². The molecule has 0 saturated carbocycles. The fraction of sp³-hybridized carbons (Fsp3) is 0.231. The maximum Gasteiger partial charge on any atom is 0.169 e. The summed E-state index contributed by atoms with van der Waals surface area (Å²) in [6.07, 6.45) is 4.44. The molecule has 1 aromatic carbocycles. The van der Waals surface area contributed by atoms with Crippen LogP contribution in [0.4, 0.5) is 0 Å². The Bertz CT molecular complexity index is 545. The molecular weight excluding hydrogens is 218 g/mol. The number of benzene rings is 1. The highest BCUT2D eigenvalue weighted by Crippen LogP contribution is 2.29. The van der Waals surface area contributed by atoms with Gasteiger partial charge in [0.1, 0.15) is 10.7 Å². The molecule has 1 aliphatic carbocycles. The van der Waals surface area contributed by atoms with Gasteiger partial charge in [0, 0.05) is 10.9 Å². The molecule has 0 spiro atoms. The van der Waals surface area contributed by atoms with Crippen LogP contribution in [0, 0.1) is 0 Å². The molecule has 1 aliphatic rings. The Morgan fingerprint density at radius 1 is 1.25 bits per heavy atom. The Balaban J connectivity index is 2.03. The number of carbonyl (C=O) groups is 1. The molecule has 0 saturated heterocycles. The van der Waals surface area contributed by atoms with Gasteiger partial charge < -0.3 is 0 Å². The number of hydrogen-bond acceptors (Lipinski definition) is 3. The molecule has 1 aromatic heterocycles.